The van der Waals surface area contributed by atoms with Gasteiger partial charge in [0.2, 0.25) is 0 Å². The van der Waals surface area contributed by atoms with E-state index in [0.29, 0.717) is 6.61 Å². The molecule has 0 rings (SSSR count). The molecule has 0 radical (unpaired) electrons. The Kier molecular flexibility index (Phi) is 16.6. The summed E-state index contributed by atoms with van der Waals surface area (Å²) in [4.78, 5) is 21.5. The van der Waals surface area contributed by atoms with Gasteiger partial charge in [0.25, 0.3) is 0 Å². The first-order valence-electron chi connectivity index (χ1n) is 7.12. The molecule has 4 nitrogen and oxygen atoms in total. The Morgan fingerprint density at radius 3 is 2.00 bits per heavy atom. The number of rotatable bonds is 12. The summed E-state index contributed by atoms with van der Waals surface area (Å²) in [5.74, 6) is -1.94. The van der Waals surface area contributed by atoms with Crippen LogP contribution < -0.4 is 34.7 Å². The molecular formula is C15H25NaO4. The summed E-state index contributed by atoms with van der Waals surface area (Å²) in [5.41, 5.74) is -0.235. The maximum absolute atomic E-state index is 11.2. The number of carboxylic acid groups (broad SMARTS) is 1. The van der Waals surface area contributed by atoms with Gasteiger partial charge in [-0.2, -0.15) is 0 Å². The molecule has 20 heavy (non-hydrogen) atoms. The maximum atomic E-state index is 11.2. The normalized spacial score (nSPS) is 9.65. The summed E-state index contributed by atoms with van der Waals surface area (Å²) >= 11 is 0. The fourth-order valence-electron chi connectivity index (χ4n) is 1.72. The minimum Gasteiger partial charge on any atom is -0.545 e. The van der Waals surface area contributed by atoms with E-state index in [4.69, 9.17) is 4.74 Å². The zero-order valence-corrected chi connectivity index (χ0v) is 14.9. The Morgan fingerprint density at radius 2 is 1.50 bits per heavy atom. The van der Waals surface area contributed by atoms with E-state index < -0.39 is 11.9 Å². The van der Waals surface area contributed by atoms with Crippen molar-refractivity contribution in [1.29, 1.82) is 0 Å². The van der Waals surface area contributed by atoms with Crippen molar-refractivity contribution < 1.29 is 49.0 Å². The standard InChI is InChI=1S/C15H26O4.Na/c1-3-4-5-6-7-8-9-10-11-19-14(16)12-13(2)15(17)18;/h2-12H2,1H3,(H,17,18);/q;+1/p-1. The van der Waals surface area contributed by atoms with Gasteiger partial charge in [-0.3, -0.25) is 4.79 Å². The van der Waals surface area contributed by atoms with Crippen LogP contribution >= 0.6 is 0 Å². The first kappa shape index (κ1) is 22.0. The number of esters is 1. The first-order valence-corrected chi connectivity index (χ1v) is 7.12. The largest absolute Gasteiger partial charge is 1.00 e. The third kappa shape index (κ3) is 14.1. The van der Waals surface area contributed by atoms with Gasteiger partial charge in [-0.25, -0.2) is 0 Å². The van der Waals surface area contributed by atoms with Gasteiger partial charge in [0, 0.05) is 0 Å². The second kappa shape index (κ2) is 15.1. The number of carbonyl (C=O) groups excluding carboxylic acids is 2. The molecule has 110 valence electrons. The van der Waals surface area contributed by atoms with Gasteiger partial charge in [0.05, 0.1) is 19.0 Å². The second-order valence-electron chi connectivity index (χ2n) is 4.76. The number of ether oxygens (including phenoxy) is 1. The van der Waals surface area contributed by atoms with Crippen molar-refractivity contribution in [3.8, 4) is 0 Å². The molecule has 0 aliphatic rings. The second-order valence-corrected chi connectivity index (χ2v) is 4.76. The number of hydrogen-bond donors (Lipinski definition) is 0. The summed E-state index contributed by atoms with van der Waals surface area (Å²) in [6.07, 6.45) is 9.11. The Labute approximate surface area is 144 Å². The molecule has 0 N–H and O–H groups in total. The van der Waals surface area contributed by atoms with E-state index in [2.05, 4.69) is 13.5 Å². The summed E-state index contributed by atoms with van der Waals surface area (Å²) in [6, 6.07) is 0. The van der Waals surface area contributed by atoms with Crippen LogP contribution in [-0.2, 0) is 14.3 Å². The van der Waals surface area contributed by atoms with Gasteiger partial charge in [0.1, 0.15) is 0 Å². The van der Waals surface area contributed by atoms with Crippen LogP contribution in [0.3, 0.4) is 0 Å². The Morgan fingerprint density at radius 1 is 1.00 bits per heavy atom. The quantitative estimate of drug-likeness (QED) is 0.208. The summed E-state index contributed by atoms with van der Waals surface area (Å²) in [5, 5.41) is 10.3. The van der Waals surface area contributed by atoms with Gasteiger partial charge in [-0.15, -0.1) is 0 Å². The number of aliphatic carboxylic acids is 1. The third-order valence-electron chi connectivity index (χ3n) is 2.91. The molecule has 0 aliphatic heterocycles. The van der Waals surface area contributed by atoms with E-state index in [9.17, 15) is 14.7 Å². The first-order chi connectivity index (χ1) is 9.07. The minimum atomic E-state index is -1.40. The van der Waals surface area contributed by atoms with Crippen molar-refractivity contribution in [3.63, 3.8) is 0 Å². The number of hydrogen-bond acceptors (Lipinski definition) is 4. The van der Waals surface area contributed by atoms with Crippen molar-refractivity contribution in [1.82, 2.24) is 0 Å². The molecule has 0 saturated heterocycles. The molecule has 0 heterocycles. The van der Waals surface area contributed by atoms with Crippen molar-refractivity contribution in [3.05, 3.63) is 12.2 Å². The monoisotopic (exact) mass is 292 g/mol. The van der Waals surface area contributed by atoms with Crippen LogP contribution in [0.15, 0.2) is 12.2 Å². The van der Waals surface area contributed by atoms with Gasteiger partial charge < -0.3 is 14.6 Å². The van der Waals surface area contributed by atoms with Crippen LogP contribution in [0, 0.1) is 0 Å². The third-order valence-corrected chi connectivity index (χ3v) is 2.91. The summed E-state index contributed by atoms with van der Waals surface area (Å²) in [7, 11) is 0. The average molecular weight is 292 g/mol. The molecule has 0 aromatic carbocycles. The Hall–Kier alpha value is -0.320. The van der Waals surface area contributed by atoms with Crippen molar-refractivity contribution >= 4 is 11.9 Å². The zero-order valence-electron chi connectivity index (χ0n) is 12.9. The number of carboxylic acids is 1. The van der Waals surface area contributed by atoms with Gasteiger partial charge in [-0.1, -0.05) is 58.4 Å². The zero-order chi connectivity index (χ0) is 14.5. The minimum absolute atomic E-state index is 0. The van der Waals surface area contributed by atoms with Crippen LogP contribution in [0.25, 0.3) is 0 Å². The molecule has 0 spiro atoms. The molecule has 0 unspecified atom stereocenters. The van der Waals surface area contributed by atoms with E-state index in [1.807, 2.05) is 0 Å². The molecular weight excluding hydrogens is 267 g/mol. The smallest absolute Gasteiger partial charge is 0.545 e. The molecule has 5 heteroatoms. The Bertz CT molecular complexity index is 290. The average Bonchev–Trinajstić information content (AvgIpc) is 2.36. The molecule has 0 amide bonds. The summed E-state index contributed by atoms with van der Waals surface area (Å²) < 4.78 is 4.92. The van der Waals surface area contributed by atoms with E-state index in [0.717, 1.165) is 19.3 Å². The van der Waals surface area contributed by atoms with Gasteiger partial charge in [0.15, 0.2) is 0 Å². The van der Waals surface area contributed by atoms with Crippen molar-refractivity contribution in [2.75, 3.05) is 6.61 Å². The van der Waals surface area contributed by atoms with Crippen LogP contribution in [0.4, 0.5) is 0 Å². The van der Waals surface area contributed by atoms with Gasteiger partial charge >= 0.3 is 35.5 Å². The SMILES string of the molecule is C=C(CC(=O)OCCCCCCCCCC)C(=O)[O-].[Na+]. The van der Waals surface area contributed by atoms with Crippen LogP contribution in [0.5, 0.6) is 0 Å². The molecule has 0 bridgehead atoms. The van der Waals surface area contributed by atoms with E-state index >= 15 is 0 Å². The Balaban J connectivity index is 0. The molecule has 0 aliphatic carbocycles. The van der Waals surface area contributed by atoms with Crippen molar-refractivity contribution in [2.24, 2.45) is 0 Å². The fourth-order valence-corrected chi connectivity index (χ4v) is 1.72. The molecule has 0 aromatic heterocycles. The van der Waals surface area contributed by atoms with Crippen LogP contribution in [0.2, 0.25) is 0 Å². The van der Waals surface area contributed by atoms with E-state index in [1.165, 1.54) is 32.1 Å². The molecule has 0 atom stereocenters. The molecule has 0 fully saturated rings. The predicted octanol–water partition coefficient (Wildman–Crippen LogP) is -0.629. The van der Waals surface area contributed by atoms with E-state index in [-0.39, 0.29) is 41.6 Å². The molecule has 0 aromatic rings. The number of unbranched alkanes of at least 4 members (excludes halogenated alkanes) is 7. The summed E-state index contributed by atoms with van der Waals surface area (Å²) in [6.45, 7) is 5.78. The van der Waals surface area contributed by atoms with E-state index in [1.54, 1.807) is 0 Å². The van der Waals surface area contributed by atoms with Crippen LogP contribution in [-0.4, -0.2) is 18.5 Å². The van der Waals surface area contributed by atoms with Crippen LogP contribution in [0.1, 0.15) is 64.7 Å². The maximum Gasteiger partial charge on any atom is 1.00 e. The predicted molar refractivity (Wildman–Crippen MR) is 72.3 cm³/mol. The molecule has 0 saturated carbocycles. The topological polar surface area (TPSA) is 66.4 Å². The fraction of sp³-hybridized carbons (Fsp3) is 0.733. The van der Waals surface area contributed by atoms with Crippen molar-refractivity contribution in [2.45, 2.75) is 64.7 Å². The number of carbonyl (C=O) groups is 2. The van der Waals surface area contributed by atoms with Gasteiger partial charge in [-0.05, 0) is 12.0 Å².